The van der Waals surface area contributed by atoms with E-state index in [1.54, 1.807) is 0 Å². The lowest BCUT2D eigenvalue weighted by Gasteiger charge is -2.60. The number of aliphatic carboxylic acids is 1. The monoisotopic (exact) mass is 342 g/mol. The summed E-state index contributed by atoms with van der Waals surface area (Å²) in [5.74, 6) is 2.71. The smallest absolute Gasteiger partial charge is 0.307 e. The SMILES string of the molecule is CC12CCc3nccn3C1CCC1C2CC[C@@]2(C)C(C(=O)O)CCC12. The van der Waals surface area contributed by atoms with E-state index in [1.165, 1.54) is 31.5 Å². The van der Waals surface area contributed by atoms with Crippen molar-refractivity contribution in [2.75, 3.05) is 0 Å². The first-order valence-corrected chi connectivity index (χ1v) is 10.2. The van der Waals surface area contributed by atoms with Gasteiger partial charge in [-0.05, 0) is 73.5 Å². The van der Waals surface area contributed by atoms with Crippen LogP contribution in [-0.4, -0.2) is 20.6 Å². The molecule has 0 spiro atoms. The molecule has 4 heteroatoms. The summed E-state index contributed by atoms with van der Waals surface area (Å²) >= 11 is 0. The molecule has 1 N–H and O–H groups in total. The minimum Gasteiger partial charge on any atom is -0.481 e. The number of carbonyl (C=O) groups is 1. The maximum atomic E-state index is 11.8. The van der Waals surface area contributed by atoms with Crippen LogP contribution in [0.25, 0.3) is 0 Å². The first kappa shape index (κ1) is 15.9. The average molecular weight is 342 g/mol. The van der Waals surface area contributed by atoms with E-state index in [-0.39, 0.29) is 11.3 Å². The highest BCUT2D eigenvalue weighted by molar-refractivity contribution is 5.71. The Hall–Kier alpha value is -1.32. The van der Waals surface area contributed by atoms with E-state index in [2.05, 4.69) is 29.6 Å². The van der Waals surface area contributed by atoms with Crippen LogP contribution in [0.15, 0.2) is 12.4 Å². The molecule has 0 amide bonds. The molecule has 1 aromatic rings. The molecule has 1 aliphatic heterocycles. The maximum absolute atomic E-state index is 11.8. The van der Waals surface area contributed by atoms with Crippen LogP contribution in [-0.2, 0) is 11.2 Å². The van der Waals surface area contributed by atoms with Crippen molar-refractivity contribution < 1.29 is 9.90 Å². The molecule has 3 aliphatic carbocycles. The third-order valence-electron chi connectivity index (χ3n) is 9.09. The van der Waals surface area contributed by atoms with Gasteiger partial charge in [-0.15, -0.1) is 0 Å². The van der Waals surface area contributed by atoms with Crippen LogP contribution in [0.4, 0.5) is 0 Å². The Morgan fingerprint density at radius 1 is 1.12 bits per heavy atom. The van der Waals surface area contributed by atoms with Crippen molar-refractivity contribution in [1.82, 2.24) is 9.55 Å². The van der Waals surface area contributed by atoms with E-state index in [0.29, 0.717) is 17.4 Å². The number of nitrogens with zero attached hydrogens (tertiary/aromatic N) is 2. The van der Waals surface area contributed by atoms with Crippen LogP contribution < -0.4 is 0 Å². The number of carboxylic acids is 1. The highest BCUT2D eigenvalue weighted by atomic mass is 16.4. The van der Waals surface area contributed by atoms with Gasteiger partial charge in [-0.2, -0.15) is 0 Å². The summed E-state index contributed by atoms with van der Waals surface area (Å²) in [7, 11) is 0. The molecule has 7 atom stereocenters. The molecule has 3 saturated carbocycles. The van der Waals surface area contributed by atoms with Crippen molar-refractivity contribution in [2.24, 2.45) is 34.5 Å². The maximum Gasteiger partial charge on any atom is 0.307 e. The van der Waals surface area contributed by atoms with Crippen molar-refractivity contribution in [2.45, 2.75) is 71.3 Å². The standard InChI is InChI=1S/C21H30N2O2/c1-20-9-7-15-13(14(20)4-5-16(20)19(24)25)3-6-17-21(15,2)10-8-18-22-11-12-23(17)18/h11-17H,3-10H2,1-2H3,(H,24,25)/t13?,14?,15?,16?,17?,20-,21?/m1/s1. The predicted octanol–water partition coefficient (Wildman–Crippen LogP) is 4.31. The van der Waals surface area contributed by atoms with E-state index in [0.717, 1.165) is 37.5 Å². The van der Waals surface area contributed by atoms with Crippen molar-refractivity contribution >= 4 is 5.97 Å². The van der Waals surface area contributed by atoms with Crippen molar-refractivity contribution in [3.8, 4) is 0 Å². The molecule has 2 heterocycles. The van der Waals surface area contributed by atoms with Crippen LogP contribution in [0.3, 0.4) is 0 Å². The van der Waals surface area contributed by atoms with Gasteiger partial charge >= 0.3 is 5.97 Å². The topological polar surface area (TPSA) is 55.1 Å². The molecule has 0 saturated heterocycles. The molecule has 4 aliphatic rings. The molecule has 136 valence electrons. The number of rotatable bonds is 1. The van der Waals surface area contributed by atoms with E-state index >= 15 is 0 Å². The second-order valence-electron chi connectivity index (χ2n) is 9.74. The summed E-state index contributed by atoms with van der Waals surface area (Å²) in [6, 6.07) is 0.598. The van der Waals surface area contributed by atoms with E-state index < -0.39 is 5.97 Å². The first-order valence-electron chi connectivity index (χ1n) is 10.2. The number of hydrogen-bond donors (Lipinski definition) is 1. The van der Waals surface area contributed by atoms with Crippen LogP contribution >= 0.6 is 0 Å². The number of aryl methyl sites for hydroxylation is 1. The lowest BCUT2D eigenvalue weighted by atomic mass is 9.47. The van der Waals surface area contributed by atoms with Gasteiger partial charge in [0.05, 0.1) is 5.92 Å². The predicted molar refractivity (Wildman–Crippen MR) is 95.1 cm³/mol. The molecule has 0 radical (unpaired) electrons. The Bertz CT molecular complexity index is 713. The number of fused-ring (bicyclic) bond motifs is 7. The summed E-state index contributed by atoms with van der Waals surface area (Å²) < 4.78 is 2.47. The van der Waals surface area contributed by atoms with E-state index in [4.69, 9.17) is 0 Å². The normalized spacial score (nSPS) is 48.2. The molecule has 25 heavy (non-hydrogen) atoms. The summed E-state index contributed by atoms with van der Waals surface area (Å²) in [6.45, 7) is 4.83. The molecular formula is C21H30N2O2. The molecule has 4 nitrogen and oxygen atoms in total. The van der Waals surface area contributed by atoms with Gasteiger partial charge in [0.2, 0.25) is 0 Å². The summed E-state index contributed by atoms with van der Waals surface area (Å²) in [4.78, 5) is 16.4. The summed E-state index contributed by atoms with van der Waals surface area (Å²) in [5, 5.41) is 9.73. The lowest BCUT2D eigenvalue weighted by molar-refractivity contribution is -0.151. The van der Waals surface area contributed by atoms with Gasteiger partial charge < -0.3 is 9.67 Å². The number of aromatic nitrogens is 2. The molecule has 0 bridgehead atoms. The highest BCUT2D eigenvalue weighted by Gasteiger charge is 2.61. The molecule has 5 rings (SSSR count). The van der Waals surface area contributed by atoms with Crippen LogP contribution in [0, 0.1) is 34.5 Å². The third kappa shape index (κ3) is 1.94. The van der Waals surface area contributed by atoms with E-state index in [1.807, 2.05) is 6.20 Å². The van der Waals surface area contributed by atoms with Crippen LogP contribution in [0.1, 0.15) is 70.7 Å². The molecular weight excluding hydrogens is 312 g/mol. The van der Waals surface area contributed by atoms with E-state index in [9.17, 15) is 9.90 Å². The third-order valence-corrected chi connectivity index (χ3v) is 9.09. The van der Waals surface area contributed by atoms with Gasteiger partial charge in [0.25, 0.3) is 0 Å². The average Bonchev–Trinajstić information content (AvgIpc) is 3.17. The fourth-order valence-corrected chi connectivity index (χ4v) is 7.85. The Kier molecular flexibility index (Phi) is 3.25. The Morgan fingerprint density at radius 2 is 1.92 bits per heavy atom. The van der Waals surface area contributed by atoms with Crippen molar-refractivity contribution in [3.05, 3.63) is 18.2 Å². The number of hydrogen-bond acceptors (Lipinski definition) is 2. The minimum atomic E-state index is -0.552. The van der Waals surface area contributed by atoms with Crippen LogP contribution in [0.2, 0.25) is 0 Å². The Labute approximate surface area is 150 Å². The van der Waals surface area contributed by atoms with Gasteiger partial charge in [-0.1, -0.05) is 13.8 Å². The molecule has 6 unspecified atom stereocenters. The quantitative estimate of drug-likeness (QED) is 0.827. The van der Waals surface area contributed by atoms with Crippen LogP contribution in [0.5, 0.6) is 0 Å². The largest absolute Gasteiger partial charge is 0.481 e. The zero-order valence-corrected chi connectivity index (χ0v) is 15.4. The summed E-state index contributed by atoms with van der Waals surface area (Å²) in [6.07, 6.45) is 13.4. The Morgan fingerprint density at radius 3 is 2.72 bits per heavy atom. The van der Waals surface area contributed by atoms with Gasteiger partial charge in [0, 0.05) is 24.9 Å². The highest BCUT2D eigenvalue weighted by Crippen LogP contribution is 2.67. The first-order chi connectivity index (χ1) is 11.9. The number of carboxylic acid groups (broad SMARTS) is 1. The minimum absolute atomic E-state index is 0.0328. The van der Waals surface area contributed by atoms with Gasteiger partial charge in [-0.25, -0.2) is 4.98 Å². The fraction of sp³-hybridized carbons (Fsp3) is 0.810. The number of imidazole rings is 1. The zero-order valence-electron chi connectivity index (χ0n) is 15.4. The van der Waals surface area contributed by atoms with Crippen molar-refractivity contribution in [1.29, 1.82) is 0 Å². The van der Waals surface area contributed by atoms with Gasteiger partial charge in [-0.3, -0.25) is 4.79 Å². The zero-order chi connectivity index (χ0) is 17.4. The van der Waals surface area contributed by atoms with Gasteiger partial charge in [0.15, 0.2) is 0 Å². The lowest BCUT2D eigenvalue weighted by Crippen LogP contribution is -2.54. The molecule has 0 aromatic carbocycles. The summed E-state index contributed by atoms with van der Waals surface area (Å²) in [5.41, 5.74) is 0.393. The van der Waals surface area contributed by atoms with Gasteiger partial charge in [0.1, 0.15) is 5.82 Å². The molecule has 1 aromatic heterocycles. The van der Waals surface area contributed by atoms with Crippen molar-refractivity contribution in [3.63, 3.8) is 0 Å². The second-order valence-corrected chi connectivity index (χ2v) is 9.74. The Balaban J connectivity index is 1.49. The second kappa shape index (κ2) is 5.11. The molecule has 3 fully saturated rings. The fourth-order valence-electron chi connectivity index (χ4n) is 7.85.